The van der Waals surface area contributed by atoms with E-state index in [0.29, 0.717) is 18.9 Å². The summed E-state index contributed by atoms with van der Waals surface area (Å²) >= 11 is 0. The first-order valence-electron chi connectivity index (χ1n) is 5.46. The van der Waals surface area contributed by atoms with E-state index in [2.05, 4.69) is 0 Å². The van der Waals surface area contributed by atoms with Crippen molar-refractivity contribution in [2.45, 2.75) is 23.8 Å². The zero-order valence-electron chi connectivity index (χ0n) is 9.93. The van der Waals surface area contributed by atoms with E-state index >= 15 is 0 Å². The van der Waals surface area contributed by atoms with Crippen molar-refractivity contribution in [3.63, 3.8) is 0 Å². The molecule has 0 amide bonds. The van der Waals surface area contributed by atoms with Gasteiger partial charge in [0.05, 0.1) is 0 Å². The van der Waals surface area contributed by atoms with Crippen LogP contribution < -0.4 is 0 Å². The summed E-state index contributed by atoms with van der Waals surface area (Å²) in [5, 5.41) is 8.71. The summed E-state index contributed by atoms with van der Waals surface area (Å²) in [6.45, 7) is 0. The Labute approximate surface area is 108 Å². The molecule has 2 rings (SSSR count). The zero-order chi connectivity index (χ0) is 14.4. The maximum Gasteiger partial charge on any atom is 0.341 e. The number of hydrogen-bond donors (Lipinski definition) is 1. The van der Waals surface area contributed by atoms with Crippen LogP contribution in [0.15, 0.2) is 17.0 Å². The molecule has 1 fully saturated rings. The average molecular weight is 291 g/mol. The molecule has 0 atom stereocenters. The Kier molecular flexibility index (Phi) is 3.31. The van der Waals surface area contributed by atoms with Crippen LogP contribution >= 0.6 is 0 Å². The van der Waals surface area contributed by atoms with Gasteiger partial charge in [-0.1, -0.05) is 0 Å². The smallest absolute Gasteiger partial charge is 0.341 e. The molecule has 0 aliphatic heterocycles. The number of nitrogens with zero attached hydrogens (tertiary/aromatic N) is 1. The standard InChI is InChI=1S/C11H11F2NO4S/c1-14(6-2-3-6)19(17,18)8-5-4-7(12)9(10(8)13)11(15)16/h4-6H,2-3H2,1H3,(H,15,16). The van der Waals surface area contributed by atoms with E-state index in [0.717, 1.165) is 10.4 Å². The Morgan fingerprint density at radius 3 is 2.42 bits per heavy atom. The van der Waals surface area contributed by atoms with Crippen molar-refractivity contribution in [2.24, 2.45) is 0 Å². The van der Waals surface area contributed by atoms with E-state index in [1.54, 1.807) is 0 Å². The van der Waals surface area contributed by atoms with Crippen molar-refractivity contribution in [1.29, 1.82) is 0 Å². The summed E-state index contributed by atoms with van der Waals surface area (Å²) < 4.78 is 52.3. The van der Waals surface area contributed by atoms with Gasteiger partial charge in [-0.3, -0.25) is 0 Å². The largest absolute Gasteiger partial charge is 0.477 e. The lowest BCUT2D eigenvalue weighted by Crippen LogP contribution is -2.30. The Bertz CT molecular complexity index is 640. The molecule has 0 unspecified atom stereocenters. The Balaban J connectivity index is 2.57. The van der Waals surface area contributed by atoms with E-state index < -0.39 is 38.1 Å². The highest BCUT2D eigenvalue weighted by molar-refractivity contribution is 7.89. The van der Waals surface area contributed by atoms with E-state index in [9.17, 15) is 22.0 Å². The summed E-state index contributed by atoms with van der Waals surface area (Å²) in [5.74, 6) is -4.72. The highest BCUT2D eigenvalue weighted by Crippen LogP contribution is 2.32. The first-order valence-corrected chi connectivity index (χ1v) is 6.90. The van der Waals surface area contributed by atoms with Crippen LogP contribution in [0.5, 0.6) is 0 Å². The molecule has 1 aromatic rings. The summed E-state index contributed by atoms with van der Waals surface area (Å²) in [6.07, 6.45) is 1.34. The van der Waals surface area contributed by atoms with Crippen LogP contribution in [0.1, 0.15) is 23.2 Å². The normalized spacial score (nSPS) is 15.8. The number of carbonyl (C=O) groups is 1. The van der Waals surface area contributed by atoms with Gasteiger partial charge in [0.15, 0.2) is 5.82 Å². The number of benzene rings is 1. The molecule has 1 saturated carbocycles. The second kappa shape index (κ2) is 4.53. The van der Waals surface area contributed by atoms with Crippen molar-refractivity contribution in [1.82, 2.24) is 4.31 Å². The molecule has 1 aliphatic carbocycles. The van der Waals surface area contributed by atoms with E-state index in [1.165, 1.54) is 7.05 Å². The fourth-order valence-corrected chi connectivity index (χ4v) is 3.20. The maximum atomic E-state index is 13.9. The van der Waals surface area contributed by atoms with Gasteiger partial charge in [-0.25, -0.2) is 22.0 Å². The first kappa shape index (κ1) is 13.9. The van der Waals surface area contributed by atoms with Crippen molar-refractivity contribution >= 4 is 16.0 Å². The molecule has 19 heavy (non-hydrogen) atoms. The molecule has 5 nitrogen and oxygen atoms in total. The van der Waals surface area contributed by atoms with E-state index in [4.69, 9.17) is 5.11 Å². The van der Waals surface area contributed by atoms with Crippen molar-refractivity contribution < 1.29 is 27.1 Å². The number of halogens is 2. The Morgan fingerprint density at radius 2 is 1.95 bits per heavy atom. The molecule has 104 valence electrons. The van der Waals surface area contributed by atoms with Crippen LogP contribution in [-0.2, 0) is 10.0 Å². The molecule has 0 radical (unpaired) electrons. The number of carboxylic acids is 1. The fourth-order valence-electron chi connectivity index (χ4n) is 1.72. The van der Waals surface area contributed by atoms with Gasteiger partial charge in [0, 0.05) is 13.1 Å². The monoisotopic (exact) mass is 291 g/mol. The predicted molar refractivity (Wildman–Crippen MR) is 61.3 cm³/mol. The third-order valence-electron chi connectivity index (χ3n) is 2.99. The predicted octanol–water partition coefficient (Wildman–Crippen LogP) is 1.45. The minimum Gasteiger partial charge on any atom is -0.477 e. The lowest BCUT2D eigenvalue weighted by atomic mass is 10.2. The molecule has 0 spiro atoms. The summed E-state index contributed by atoms with van der Waals surface area (Å²) in [6, 6.07) is 1.17. The van der Waals surface area contributed by atoms with Crippen LogP contribution in [0.3, 0.4) is 0 Å². The zero-order valence-corrected chi connectivity index (χ0v) is 10.7. The van der Waals surface area contributed by atoms with E-state index in [-0.39, 0.29) is 6.04 Å². The van der Waals surface area contributed by atoms with E-state index in [1.807, 2.05) is 0 Å². The van der Waals surface area contributed by atoms with Gasteiger partial charge in [-0.2, -0.15) is 4.31 Å². The average Bonchev–Trinajstić information content (AvgIpc) is 3.10. The molecule has 1 N–H and O–H groups in total. The molecule has 0 saturated heterocycles. The highest BCUT2D eigenvalue weighted by Gasteiger charge is 2.37. The number of sulfonamides is 1. The van der Waals surface area contributed by atoms with Gasteiger partial charge in [-0.05, 0) is 25.0 Å². The van der Waals surface area contributed by atoms with Crippen molar-refractivity contribution in [3.05, 3.63) is 29.3 Å². The highest BCUT2D eigenvalue weighted by atomic mass is 32.2. The molecular weight excluding hydrogens is 280 g/mol. The molecule has 1 aromatic carbocycles. The second-order valence-electron chi connectivity index (χ2n) is 4.29. The lowest BCUT2D eigenvalue weighted by Gasteiger charge is -2.17. The number of aromatic carboxylic acids is 1. The molecule has 1 aliphatic rings. The molecule has 0 heterocycles. The number of hydrogen-bond acceptors (Lipinski definition) is 3. The van der Waals surface area contributed by atoms with Crippen molar-refractivity contribution in [3.8, 4) is 0 Å². The molecule has 0 bridgehead atoms. The third kappa shape index (κ3) is 2.33. The minimum atomic E-state index is -4.15. The van der Waals surface area contributed by atoms with Gasteiger partial charge in [-0.15, -0.1) is 0 Å². The van der Waals surface area contributed by atoms with Crippen LogP contribution in [-0.4, -0.2) is 36.9 Å². The topological polar surface area (TPSA) is 74.7 Å². The quantitative estimate of drug-likeness (QED) is 0.911. The fraction of sp³-hybridized carbons (Fsp3) is 0.364. The number of carboxylic acid groups (broad SMARTS) is 1. The SMILES string of the molecule is CN(C1CC1)S(=O)(=O)c1ccc(F)c(C(=O)O)c1F. The van der Waals surface area contributed by atoms with Gasteiger partial charge < -0.3 is 5.11 Å². The lowest BCUT2D eigenvalue weighted by molar-refractivity contribution is 0.0685. The van der Waals surface area contributed by atoms with Gasteiger partial charge in [0.1, 0.15) is 16.3 Å². The summed E-state index contributed by atoms with van der Waals surface area (Å²) in [5.41, 5.74) is -1.26. The molecule has 8 heteroatoms. The van der Waals surface area contributed by atoms with Crippen LogP contribution in [0.2, 0.25) is 0 Å². The Hall–Kier alpha value is -1.54. The summed E-state index contributed by atoms with van der Waals surface area (Å²) in [4.78, 5) is 9.93. The summed E-state index contributed by atoms with van der Waals surface area (Å²) in [7, 11) is -2.86. The second-order valence-corrected chi connectivity index (χ2v) is 6.26. The Morgan fingerprint density at radius 1 is 1.37 bits per heavy atom. The van der Waals surface area contributed by atoms with Crippen LogP contribution in [0.4, 0.5) is 8.78 Å². The third-order valence-corrected chi connectivity index (χ3v) is 4.92. The van der Waals surface area contributed by atoms with Crippen LogP contribution in [0, 0.1) is 11.6 Å². The van der Waals surface area contributed by atoms with Crippen molar-refractivity contribution in [2.75, 3.05) is 7.05 Å². The first-order chi connectivity index (χ1) is 8.76. The van der Waals surface area contributed by atoms with Gasteiger partial charge >= 0.3 is 5.97 Å². The van der Waals surface area contributed by atoms with Gasteiger partial charge in [0.25, 0.3) is 0 Å². The molecule has 0 aromatic heterocycles. The van der Waals surface area contributed by atoms with Crippen LogP contribution in [0.25, 0.3) is 0 Å². The minimum absolute atomic E-state index is 0.206. The van der Waals surface area contributed by atoms with Gasteiger partial charge in [0.2, 0.25) is 10.0 Å². The number of rotatable bonds is 4. The maximum absolute atomic E-state index is 13.9. The molecular formula is C11H11F2NO4S.